The summed E-state index contributed by atoms with van der Waals surface area (Å²) < 4.78 is 7.34. The van der Waals surface area contributed by atoms with Gasteiger partial charge in [-0.15, -0.1) is 24.0 Å². The fraction of sp³-hybridized carbons (Fsp3) is 0.778. The Balaban J connectivity index is 0.00000261. The highest BCUT2D eigenvalue weighted by atomic mass is 127. The van der Waals surface area contributed by atoms with E-state index in [4.69, 9.17) is 4.74 Å². The third-order valence-electron chi connectivity index (χ3n) is 5.42. The molecule has 2 saturated heterocycles. The summed E-state index contributed by atoms with van der Waals surface area (Å²) in [6, 6.07) is 0.874. The average molecular weight is 491 g/mol. The highest BCUT2D eigenvalue weighted by Gasteiger charge is 2.30. The quantitative estimate of drug-likeness (QED) is 0.371. The lowest BCUT2D eigenvalue weighted by molar-refractivity contribution is 0.0195. The Labute approximate surface area is 179 Å². The van der Waals surface area contributed by atoms with Crippen molar-refractivity contribution in [2.75, 3.05) is 67.1 Å². The van der Waals surface area contributed by atoms with Gasteiger partial charge in [-0.05, 0) is 20.5 Å². The summed E-state index contributed by atoms with van der Waals surface area (Å²) in [5.41, 5.74) is 1.22. The minimum Gasteiger partial charge on any atom is -0.379 e. The fourth-order valence-corrected chi connectivity index (χ4v) is 3.91. The average Bonchev–Trinajstić information content (AvgIpc) is 3.29. The predicted molar refractivity (Wildman–Crippen MR) is 119 cm³/mol. The van der Waals surface area contributed by atoms with Gasteiger partial charge in [-0.2, -0.15) is 5.10 Å². The molecule has 2 atom stereocenters. The Bertz CT molecular complexity index is 600. The molecule has 27 heavy (non-hydrogen) atoms. The van der Waals surface area contributed by atoms with Crippen molar-refractivity contribution in [1.82, 2.24) is 29.8 Å². The second-order valence-corrected chi connectivity index (χ2v) is 7.39. The summed E-state index contributed by atoms with van der Waals surface area (Å²) >= 11 is 0. The summed E-state index contributed by atoms with van der Waals surface area (Å²) in [5, 5.41) is 7.89. The molecule has 0 bridgehead atoms. The number of ether oxygens (including phenoxy) is 1. The van der Waals surface area contributed by atoms with E-state index in [0.717, 1.165) is 51.9 Å². The number of morpholine rings is 1. The zero-order valence-corrected chi connectivity index (χ0v) is 19.3. The van der Waals surface area contributed by atoms with E-state index in [2.05, 4.69) is 50.4 Å². The molecule has 154 valence electrons. The molecule has 1 aromatic rings. The maximum atomic E-state index is 5.48. The smallest absolute Gasteiger partial charge is 0.193 e. The number of nitrogens with one attached hydrogen (secondary N) is 1. The summed E-state index contributed by atoms with van der Waals surface area (Å²) in [5.74, 6) is 0.997. The SMILES string of the molecule is CN=C(NCC(c1cnn(C)c1)N(C)C)N1CCC(N2CCOCC2)C1.I. The number of likely N-dealkylation sites (N-methyl/N-ethyl adjacent to an activating group) is 1. The lowest BCUT2D eigenvalue weighted by atomic mass is 10.1. The Morgan fingerprint density at radius 2 is 2.11 bits per heavy atom. The molecule has 0 aromatic carbocycles. The summed E-state index contributed by atoms with van der Waals surface area (Å²) in [6.07, 6.45) is 5.22. The lowest BCUT2D eigenvalue weighted by Crippen LogP contribution is -2.47. The molecule has 1 aromatic heterocycles. The topological polar surface area (TPSA) is 61.2 Å². The number of aliphatic imine (C=N–C) groups is 1. The van der Waals surface area contributed by atoms with Gasteiger partial charge in [0.2, 0.25) is 0 Å². The number of aryl methyl sites for hydroxylation is 1. The van der Waals surface area contributed by atoms with Crippen molar-refractivity contribution >= 4 is 29.9 Å². The molecule has 9 heteroatoms. The van der Waals surface area contributed by atoms with E-state index in [1.54, 1.807) is 0 Å². The van der Waals surface area contributed by atoms with Gasteiger partial charge in [-0.3, -0.25) is 14.6 Å². The van der Waals surface area contributed by atoms with Crippen LogP contribution in [-0.2, 0) is 11.8 Å². The number of aromatic nitrogens is 2. The Morgan fingerprint density at radius 1 is 1.37 bits per heavy atom. The molecule has 3 heterocycles. The van der Waals surface area contributed by atoms with Crippen LogP contribution in [0.1, 0.15) is 18.0 Å². The minimum atomic E-state index is 0. The monoisotopic (exact) mass is 491 g/mol. The van der Waals surface area contributed by atoms with Gasteiger partial charge in [0, 0.05) is 64.6 Å². The van der Waals surface area contributed by atoms with Gasteiger partial charge in [0.1, 0.15) is 0 Å². The van der Waals surface area contributed by atoms with Crippen molar-refractivity contribution in [2.24, 2.45) is 12.0 Å². The van der Waals surface area contributed by atoms with Crippen LogP contribution in [0.2, 0.25) is 0 Å². The first-order valence-corrected chi connectivity index (χ1v) is 9.51. The van der Waals surface area contributed by atoms with Gasteiger partial charge in [0.25, 0.3) is 0 Å². The third kappa shape index (κ3) is 5.78. The molecule has 3 rings (SSSR count). The Hall–Kier alpha value is -0.910. The molecule has 8 nitrogen and oxygen atoms in total. The van der Waals surface area contributed by atoms with Gasteiger partial charge in [-0.25, -0.2) is 0 Å². The number of likely N-dealkylation sites (tertiary alicyclic amines) is 1. The highest BCUT2D eigenvalue weighted by Crippen LogP contribution is 2.19. The van der Waals surface area contributed by atoms with Crippen LogP contribution < -0.4 is 5.32 Å². The van der Waals surface area contributed by atoms with E-state index in [1.165, 1.54) is 12.0 Å². The molecule has 1 N–H and O–H groups in total. The van der Waals surface area contributed by atoms with Gasteiger partial charge >= 0.3 is 0 Å². The highest BCUT2D eigenvalue weighted by molar-refractivity contribution is 14.0. The Kier molecular flexibility index (Phi) is 8.77. The van der Waals surface area contributed by atoms with Crippen LogP contribution in [0.3, 0.4) is 0 Å². The second kappa shape index (κ2) is 10.6. The fourth-order valence-electron chi connectivity index (χ4n) is 3.91. The molecular weight excluding hydrogens is 457 g/mol. The summed E-state index contributed by atoms with van der Waals surface area (Å²) in [7, 11) is 8.04. The molecule has 0 aliphatic carbocycles. The summed E-state index contributed by atoms with van der Waals surface area (Å²) in [4.78, 5) is 11.7. The van der Waals surface area contributed by atoms with Gasteiger partial charge in [0.15, 0.2) is 5.96 Å². The van der Waals surface area contributed by atoms with Crippen LogP contribution in [0.4, 0.5) is 0 Å². The first kappa shape index (κ1) is 22.4. The second-order valence-electron chi connectivity index (χ2n) is 7.39. The zero-order valence-electron chi connectivity index (χ0n) is 17.0. The molecule has 0 amide bonds. The van der Waals surface area contributed by atoms with Crippen LogP contribution >= 0.6 is 24.0 Å². The molecule has 2 aliphatic heterocycles. The van der Waals surface area contributed by atoms with E-state index in [-0.39, 0.29) is 30.0 Å². The van der Waals surface area contributed by atoms with Crippen LogP contribution in [0.5, 0.6) is 0 Å². The number of hydrogen-bond donors (Lipinski definition) is 1. The van der Waals surface area contributed by atoms with Crippen molar-refractivity contribution in [2.45, 2.75) is 18.5 Å². The molecule has 0 radical (unpaired) electrons. The first-order chi connectivity index (χ1) is 12.6. The van der Waals surface area contributed by atoms with Crippen LogP contribution in [0.25, 0.3) is 0 Å². The van der Waals surface area contributed by atoms with E-state index in [0.29, 0.717) is 6.04 Å². The van der Waals surface area contributed by atoms with Crippen molar-refractivity contribution in [3.8, 4) is 0 Å². The van der Waals surface area contributed by atoms with Crippen molar-refractivity contribution in [3.63, 3.8) is 0 Å². The van der Waals surface area contributed by atoms with E-state index >= 15 is 0 Å². The van der Waals surface area contributed by atoms with Crippen molar-refractivity contribution in [3.05, 3.63) is 18.0 Å². The number of hydrogen-bond acceptors (Lipinski definition) is 5. The largest absolute Gasteiger partial charge is 0.379 e. The number of halogens is 1. The molecule has 2 aliphatic rings. The third-order valence-corrected chi connectivity index (χ3v) is 5.42. The molecule has 2 unspecified atom stereocenters. The van der Waals surface area contributed by atoms with Crippen molar-refractivity contribution < 1.29 is 4.74 Å². The van der Waals surface area contributed by atoms with Crippen LogP contribution in [0, 0.1) is 0 Å². The minimum absolute atomic E-state index is 0. The number of guanidine groups is 1. The molecule has 0 saturated carbocycles. The number of nitrogens with zero attached hydrogens (tertiary/aromatic N) is 6. The number of rotatable bonds is 5. The molecule has 2 fully saturated rings. The standard InChI is InChI=1S/C18H33N7O.HI/c1-19-18(20-12-17(22(2)3)15-11-21-23(4)13-15)25-6-5-16(14-25)24-7-9-26-10-8-24;/h11,13,16-17H,5-10,12,14H2,1-4H3,(H,19,20);1H. The Morgan fingerprint density at radius 3 is 2.70 bits per heavy atom. The van der Waals surface area contributed by atoms with E-state index in [1.807, 2.05) is 25.0 Å². The first-order valence-electron chi connectivity index (χ1n) is 9.51. The van der Waals surface area contributed by atoms with Gasteiger partial charge in [-0.1, -0.05) is 0 Å². The van der Waals surface area contributed by atoms with Gasteiger partial charge < -0.3 is 19.9 Å². The normalized spacial score (nSPS) is 22.8. The van der Waals surface area contributed by atoms with Crippen LogP contribution in [0.15, 0.2) is 17.4 Å². The van der Waals surface area contributed by atoms with Gasteiger partial charge in [0.05, 0.1) is 25.5 Å². The zero-order chi connectivity index (χ0) is 18.5. The maximum Gasteiger partial charge on any atom is 0.193 e. The maximum absolute atomic E-state index is 5.48. The van der Waals surface area contributed by atoms with Crippen LogP contribution in [-0.4, -0.2) is 104 Å². The lowest BCUT2D eigenvalue weighted by Gasteiger charge is -2.32. The van der Waals surface area contributed by atoms with E-state index < -0.39 is 0 Å². The summed E-state index contributed by atoms with van der Waals surface area (Å²) in [6.45, 7) is 6.73. The van der Waals surface area contributed by atoms with Crippen molar-refractivity contribution in [1.29, 1.82) is 0 Å². The van der Waals surface area contributed by atoms with E-state index in [9.17, 15) is 0 Å². The molecular formula is C18H34IN7O. The molecule has 0 spiro atoms. The predicted octanol–water partition coefficient (Wildman–Crippen LogP) is 0.623.